The highest BCUT2D eigenvalue weighted by Crippen LogP contribution is 2.21. The first-order valence-electron chi connectivity index (χ1n) is 4.44. The summed E-state index contributed by atoms with van der Waals surface area (Å²) in [5, 5.41) is 18.2. The molecule has 0 bridgehead atoms. The molecule has 1 aromatic rings. The summed E-state index contributed by atoms with van der Waals surface area (Å²) in [6.45, 7) is 5.46. The van der Waals surface area contributed by atoms with Crippen LogP contribution in [0.15, 0.2) is 24.0 Å². The molecule has 0 radical (unpaired) electrons. The minimum absolute atomic E-state index is 0.0689. The van der Waals surface area contributed by atoms with Gasteiger partial charge in [-0.1, -0.05) is 23.8 Å². The number of allylic oxidation sites excluding steroid dienone is 2. The Morgan fingerprint density at radius 1 is 1.36 bits per heavy atom. The number of aliphatic hydroxyl groups excluding tert-OH is 1. The van der Waals surface area contributed by atoms with Crippen molar-refractivity contribution in [3.8, 4) is 6.07 Å². The van der Waals surface area contributed by atoms with Gasteiger partial charge in [-0.2, -0.15) is 5.26 Å². The van der Waals surface area contributed by atoms with Gasteiger partial charge in [-0.25, -0.2) is 0 Å². The van der Waals surface area contributed by atoms with Gasteiger partial charge < -0.3 is 5.11 Å². The first-order chi connectivity index (χ1) is 6.56. The topological polar surface area (TPSA) is 44.0 Å². The summed E-state index contributed by atoms with van der Waals surface area (Å²) >= 11 is 0. The van der Waals surface area contributed by atoms with Crippen molar-refractivity contribution >= 4 is 5.57 Å². The van der Waals surface area contributed by atoms with Gasteiger partial charge in [0.25, 0.3) is 0 Å². The van der Waals surface area contributed by atoms with Gasteiger partial charge in [-0.15, -0.1) is 0 Å². The summed E-state index contributed by atoms with van der Waals surface area (Å²) in [7, 11) is 0. The molecule has 0 aliphatic rings. The van der Waals surface area contributed by atoms with Gasteiger partial charge in [-0.05, 0) is 31.9 Å². The van der Waals surface area contributed by atoms with Crippen molar-refractivity contribution in [1.29, 1.82) is 5.26 Å². The van der Waals surface area contributed by atoms with Crippen LogP contribution in [-0.4, -0.2) is 5.11 Å². The van der Waals surface area contributed by atoms with Crippen LogP contribution in [0.2, 0.25) is 0 Å². The summed E-state index contributed by atoms with van der Waals surface area (Å²) in [6.07, 6.45) is 0. The van der Waals surface area contributed by atoms with Gasteiger partial charge in [0.15, 0.2) is 0 Å². The molecule has 0 atom stereocenters. The van der Waals surface area contributed by atoms with Crippen LogP contribution in [0.25, 0.3) is 5.57 Å². The van der Waals surface area contributed by atoms with E-state index in [1.54, 1.807) is 0 Å². The van der Waals surface area contributed by atoms with E-state index in [1.807, 2.05) is 38.1 Å². The average molecular weight is 187 g/mol. The molecule has 72 valence electrons. The second kappa shape index (κ2) is 3.97. The predicted molar refractivity (Wildman–Crippen MR) is 56.8 cm³/mol. The van der Waals surface area contributed by atoms with Crippen molar-refractivity contribution in [2.24, 2.45) is 0 Å². The van der Waals surface area contributed by atoms with E-state index in [0.717, 1.165) is 16.7 Å². The van der Waals surface area contributed by atoms with E-state index in [1.165, 1.54) is 6.92 Å². The molecular formula is C12H13NO. The molecule has 2 heteroatoms. The molecule has 0 saturated heterocycles. The standard InChI is InChI=1S/C12H13NO/c1-8-4-5-11(9(2)6-8)12(7-13)10(3)14/h4-6,14H,1-3H3/b12-10+. The number of hydrogen-bond acceptors (Lipinski definition) is 2. The Bertz CT molecular complexity index is 420. The van der Waals surface area contributed by atoms with Gasteiger partial charge in [0, 0.05) is 0 Å². The Labute approximate surface area is 84.1 Å². The molecule has 0 aliphatic heterocycles. The highest BCUT2D eigenvalue weighted by Gasteiger charge is 2.07. The van der Waals surface area contributed by atoms with Crippen molar-refractivity contribution in [1.82, 2.24) is 0 Å². The summed E-state index contributed by atoms with van der Waals surface area (Å²) in [6, 6.07) is 7.80. The zero-order valence-corrected chi connectivity index (χ0v) is 8.63. The number of nitrogens with zero attached hydrogens (tertiary/aromatic N) is 1. The van der Waals surface area contributed by atoms with E-state index in [4.69, 9.17) is 5.26 Å². The third-order valence-electron chi connectivity index (χ3n) is 2.12. The van der Waals surface area contributed by atoms with E-state index >= 15 is 0 Å². The van der Waals surface area contributed by atoms with Crippen LogP contribution in [0, 0.1) is 25.2 Å². The van der Waals surface area contributed by atoms with Crippen molar-refractivity contribution in [2.75, 3.05) is 0 Å². The maximum atomic E-state index is 9.32. The predicted octanol–water partition coefficient (Wildman–Crippen LogP) is 3.12. The van der Waals surface area contributed by atoms with Crippen LogP contribution in [0.1, 0.15) is 23.6 Å². The summed E-state index contributed by atoms with van der Waals surface area (Å²) < 4.78 is 0. The molecular weight excluding hydrogens is 174 g/mol. The van der Waals surface area contributed by atoms with Crippen molar-refractivity contribution in [3.05, 3.63) is 40.6 Å². The molecule has 1 N–H and O–H groups in total. The Hall–Kier alpha value is -1.75. The Balaban J connectivity index is 3.35. The number of benzene rings is 1. The summed E-state index contributed by atoms with van der Waals surface area (Å²) in [5.41, 5.74) is 3.31. The first kappa shape index (κ1) is 10.3. The molecule has 0 unspecified atom stereocenters. The summed E-state index contributed by atoms with van der Waals surface area (Å²) in [5.74, 6) is 0.0689. The normalized spacial score (nSPS) is 11.9. The quantitative estimate of drug-likeness (QED) is 0.542. The lowest BCUT2D eigenvalue weighted by Crippen LogP contribution is -1.91. The third-order valence-corrected chi connectivity index (χ3v) is 2.12. The Kier molecular flexibility index (Phi) is 2.93. The van der Waals surface area contributed by atoms with Crippen LogP contribution in [0.3, 0.4) is 0 Å². The molecule has 0 aromatic heterocycles. The lowest BCUT2D eigenvalue weighted by Gasteiger charge is -2.05. The van der Waals surface area contributed by atoms with Gasteiger partial charge in [-0.3, -0.25) is 0 Å². The van der Waals surface area contributed by atoms with Crippen molar-refractivity contribution < 1.29 is 5.11 Å². The van der Waals surface area contributed by atoms with E-state index in [-0.39, 0.29) is 5.76 Å². The Morgan fingerprint density at radius 2 is 2.00 bits per heavy atom. The number of rotatable bonds is 1. The van der Waals surface area contributed by atoms with Crippen LogP contribution in [0.4, 0.5) is 0 Å². The highest BCUT2D eigenvalue weighted by atomic mass is 16.3. The summed E-state index contributed by atoms with van der Waals surface area (Å²) in [4.78, 5) is 0. The molecule has 2 nitrogen and oxygen atoms in total. The maximum absolute atomic E-state index is 9.32. The largest absolute Gasteiger partial charge is 0.511 e. The van der Waals surface area contributed by atoms with E-state index in [0.29, 0.717) is 5.57 Å². The molecule has 0 spiro atoms. The maximum Gasteiger partial charge on any atom is 0.107 e. The number of hydrogen-bond donors (Lipinski definition) is 1. The van der Waals surface area contributed by atoms with Crippen LogP contribution in [-0.2, 0) is 0 Å². The zero-order valence-electron chi connectivity index (χ0n) is 8.63. The fraction of sp³-hybridized carbons (Fsp3) is 0.250. The second-order valence-electron chi connectivity index (χ2n) is 3.39. The number of aliphatic hydroxyl groups is 1. The van der Waals surface area contributed by atoms with Gasteiger partial charge in [0.1, 0.15) is 11.8 Å². The highest BCUT2D eigenvalue weighted by molar-refractivity contribution is 5.79. The van der Waals surface area contributed by atoms with Crippen molar-refractivity contribution in [2.45, 2.75) is 20.8 Å². The zero-order chi connectivity index (χ0) is 10.7. The smallest absolute Gasteiger partial charge is 0.107 e. The minimum atomic E-state index is 0.0689. The SMILES string of the molecule is C/C(O)=C(/C#N)c1ccc(C)cc1C. The third kappa shape index (κ3) is 1.94. The molecule has 0 saturated carbocycles. The van der Waals surface area contributed by atoms with Crippen molar-refractivity contribution in [3.63, 3.8) is 0 Å². The van der Waals surface area contributed by atoms with E-state index in [9.17, 15) is 5.11 Å². The van der Waals surface area contributed by atoms with Crippen LogP contribution in [0.5, 0.6) is 0 Å². The molecule has 0 heterocycles. The van der Waals surface area contributed by atoms with Crippen LogP contribution >= 0.6 is 0 Å². The lowest BCUT2D eigenvalue weighted by molar-refractivity contribution is 0.418. The molecule has 1 rings (SSSR count). The molecule has 0 fully saturated rings. The first-order valence-corrected chi connectivity index (χ1v) is 4.44. The number of aryl methyl sites for hydroxylation is 2. The average Bonchev–Trinajstić information content (AvgIpc) is 2.09. The van der Waals surface area contributed by atoms with Gasteiger partial charge >= 0.3 is 0 Å². The van der Waals surface area contributed by atoms with Crippen LogP contribution < -0.4 is 0 Å². The molecule has 14 heavy (non-hydrogen) atoms. The fourth-order valence-corrected chi connectivity index (χ4v) is 1.43. The monoisotopic (exact) mass is 187 g/mol. The Morgan fingerprint density at radius 3 is 2.43 bits per heavy atom. The minimum Gasteiger partial charge on any atom is -0.511 e. The van der Waals surface area contributed by atoms with E-state index in [2.05, 4.69) is 0 Å². The molecule has 1 aromatic carbocycles. The van der Waals surface area contributed by atoms with E-state index < -0.39 is 0 Å². The molecule has 0 aliphatic carbocycles. The number of nitriles is 1. The van der Waals surface area contributed by atoms with Gasteiger partial charge in [0.05, 0.1) is 5.57 Å². The lowest BCUT2D eigenvalue weighted by atomic mass is 9.99. The van der Waals surface area contributed by atoms with Gasteiger partial charge in [0.2, 0.25) is 0 Å². The molecule has 0 amide bonds. The second-order valence-corrected chi connectivity index (χ2v) is 3.39. The fourth-order valence-electron chi connectivity index (χ4n) is 1.43.